The van der Waals surface area contributed by atoms with Crippen molar-refractivity contribution >= 4 is 17.7 Å². The van der Waals surface area contributed by atoms with Gasteiger partial charge in [-0.3, -0.25) is 9.59 Å². The molecule has 0 saturated carbocycles. The Morgan fingerprint density at radius 3 is 2.04 bits per heavy atom. The monoisotopic (exact) mass is 391 g/mol. The van der Waals surface area contributed by atoms with E-state index in [1.165, 1.54) is 18.2 Å². The van der Waals surface area contributed by atoms with Gasteiger partial charge in [-0.25, -0.2) is 4.79 Å². The normalized spacial score (nSPS) is 10.6. The maximum Gasteiger partial charge on any atom is 0.329 e. The third-order valence-corrected chi connectivity index (χ3v) is 4.66. The number of hydrogen-bond acceptors (Lipinski definition) is 4. The molecule has 0 heterocycles. The zero-order valence-corrected chi connectivity index (χ0v) is 16.9. The molecule has 156 valence electrons. The maximum atomic E-state index is 11.5. The van der Waals surface area contributed by atoms with Gasteiger partial charge in [0.2, 0.25) is 5.78 Å². The third kappa shape index (κ3) is 10.8. The molecule has 0 aliphatic heterocycles. The Hall–Kier alpha value is -2.21. The van der Waals surface area contributed by atoms with Crippen LogP contribution in [-0.4, -0.2) is 43.0 Å². The molecule has 0 aliphatic rings. The van der Waals surface area contributed by atoms with Crippen LogP contribution in [0.4, 0.5) is 0 Å². The molecule has 0 aromatic heterocycles. The largest absolute Gasteiger partial charge is 0.480 e. The number of aliphatic carboxylic acids is 1. The number of likely N-dealkylation sites (N-methyl/N-ethyl adjacent to an activating group) is 1. The topological polar surface area (TPSA) is 92.7 Å². The number of unbranched alkanes of at least 4 members (excludes halogenated alkanes) is 5. The summed E-state index contributed by atoms with van der Waals surface area (Å²) in [6, 6.07) is 8.49. The first kappa shape index (κ1) is 23.8. The van der Waals surface area contributed by atoms with Gasteiger partial charge in [-0.05, 0) is 49.7 Å². The molecule has 6 heteroatoms. The van der Waals surface area contributed by atoms with Crippen LogP contribution in [0, 0.1) is 0 Å². The molecule has 6 nitrogen and oxygen atoms in total. The molecule has 0 atom stereocenters. The molecule has 0 unspecified atom stereocenters. The molecule has 28 heavy (non-hydrogen) atoms. The fourth-order valence-corrected chi connectivity index (χ4v) is 3.11. The highest BCUT2D eigenvalue weighted by Crippen LogP contribution is 2.16. The lowest BCUT2D eigenvalue weighted by molar-refractivity contribution is -0.142. The van der Waals surface area contributed by atoms with Crippen LogP contribution in [0.25, 0.3) is 0 Å². The maximum absolute atomic E-state index is 11.5. The minimum absolute atomic E-state index is 0.215. The van der Waals surface area contributed by atoms with Gasteiger partial charge in [0.05, 0.1) is 0 Å². The van der Waals surface area contributed by atoms with Crippen LogP contribution < -0.4 is 5.32 Å². The van der Waals surface area contributed by atoms with Crippen LogP contribution in [0.15, 0.2) is 24.3 Å². The predicted octanol–water partition coefficient (Wildman–Crippen LogP) is 3.31. The number of aryl methyl sites for hydroxylation is 2. The third-order valence-electron chi connectivity index (χ3n) is 4.66. The molecule has 0 radical (unpaired) electrons. The van der Waals surface area contributed by atoms with Crippen molar-refractivity contribution in [3.63, 3.8) is 0 Å². The second-order valence-corrected chi connectivity index (χ2v) is 6.94. The lowest BCUT2D eigenvalue weighted by atomic mass is 9.96. The van der Waals surface area contributed by atoms with Crippen molar-refractivity contribution in [1.82, 2.24) is 5.32 Å². The number of Topliss-reactive ketones (excluding diaryl/α,β-unsaturated/α-hetero) is 1. The number of rotatable bonds is 16. The number of nitrogens with one attached hydrogen (secondary N) is 1. The lowest BCUT2D eigenvalue weighted by Gasteiger charge is -2.10. The minimum atomic E-state index is -0.922. The summed E-state index contributed by atoms with van der Waals surface area (Å²) < 4.78 is 5.03. The quantitative estimate of drug-likeness (QED) is 0.333. The zero-order valence-electron chi connectivity index (χ0n) is 16.9. The number of carboxylic acids is 1. The number of carbonyl (C=O) groups is 3. The summed E-state index contributed by atoms with van der Waals surface area (Å²) in [5, 5.41) is 10.9. The SMILES string of the molecule is CNC(=O)C(=O)CCCCCc1ccccc1CCCCCCOCC(=O)O. The number of amides is 1. The Kier molecular flexibility index (Phi) is 12.6. The molecular weight excluding hydrogens is 358 g/mol. The fraction of sp³-hybridized carbons (Fsp3) is 0.591. The summed E-state index contributed by atoms with van der Waals surface area (Å²) in [4.78, 5) is 33.0. The number of ketones is 1. The second kappa shape index (κ2) is 14.8. The van der Waals surface area contributed by atoms with Gasteiger partial charge in [0.15, 0.2) is 0 Å². The Balaban J connectivity index is 2.19. The summed E-state index contributed by atoms with van der Waals surface area (Å²) in [5.41, 5.74) is 2.75. The highest BCUT2D eigenvalue weighted by atomic mass is 16.5. The summed E-state index contributed by atoms with van der Waals surface area (Å²) >= 11 is 0. The Labute approximate surface area is 167 Å². The summed E-state index contributed by atoms with van der Waals surface area (Å²) in [5.74, 6) is -1.76. The van der Waals surface area contributed by atoms with E-state index in [-0.39, 0.29) is 12.4 Å². The Morgan fingerprint density at radius 1 is 0.893 bits per heavy atom. The van der Waals surface area contributed by atoms with Gasteiger partial charge in [-0.15, -0.1) is 0 Å². The van der Waals surface area contributed by atoms with Crippen molar-refractivity contribution < 1.29 is 24.2 Å². The molecule has 1 amide bonds. The number of benzene rings is 1. The summed E-state index contributed by atoms with van der Waals surface area (Å²) in [6.07, 6.45) is 9.20. The summed E-state index contributed by atoms with van der Waals surface area (Å²) in [6.45, 7) is 0.290. The first-order valence-corrected chi connectivity index (χ1v) is 10.2. The van der Waals surface area contributed by atoms with Gasteiger partial charge in [0.25, 0.3) is 5.91 Å². The van der Waals surface area contributed by atoms with E-state index in [1.807, 2.05) is 0 Å². The first-order chi connectivity index (χ1) is 13.5. The van der Waals surface area contributed by atoms with E-state index < -0.39 is 11.9 Å². The van der Waals surface area contributed by atoms with Crippen LogP contribution in [0.2, 0.25) is 0 Å². The predicted molar refractivity (Wildman–Crippen MR) is 108 cm³/mol. The smallest absolute Gasteiger partial charge is 0.329 e. The van der Waals surface area contributed by atoms with E-state index in [0.29, 0.717) is 13.0 Å². The van der Waals surface area contributed by atoms with E-state index in [4.69, 9.17) is 9.84 Å². The van der Waals surface area contributed by atoms with Crippen molar-refractivity contribution in [1.29, 1.82) is 0 Å². The zero-order chi connectivity index (χ0) is 20.6. The Morgan fingerprint density at radius 2 is 1.46 bits per heavy atom. The number of carbonyl (C=O) groups excluding carboxylic acids is 2. The van der Waals surface area contributed by atoms with Crippen molar-refractivity contribution in [2.24, 2.45) is 0 Å². The fourth-order valence-electron chi connectivity index (χ4n) is 3.11. The van der Waals surface area contributed by atoms with Crippen LogP contribution >= 0.6 is 0 Å². The number of ether oxygens (including phenoxy) is 1. The average molecular weight is 392 g/mol. The van der Waals surface area contributed by atoms with Crippen LogP contribution in [0.5, 0.6) is 0 Å². The standard InChI is InChI=1S/C22H33NO5/c1-23-22(27)20(24)15-7-4-6-12-19-14-9-8-13-18(19)11-5-2-3-10-16-28-17-21(25)26/h8-9,13-14H,2-7,10-12,15-17H2,1H3,(H,23,27)(H,25,26). The molecule has 0 aliphatic carbocycles. The van der Waals surface area contributed by atoms with E-state index in [2.05, 4.69) is 29.6 Å². The van der Waals surface area contributed by atoms with Gasteiger partial charge in [-0.1, -0.05) is 43.5 Å². The van der Waals surface area contributed by atoms with Gasteiger partial charge in [-0.2, -0.15) is 0 Å². The van der Waals surface area contributed by atoms with E-state index in [9.17, 15) is 14.4 Å². The first-order valence-electron chi connectivity index (χ1n) is 10.2. The van der Waals surface area contributed by atoms with Crippen molar-refractivity contribution in [3.05, 3.63) is 35.4 Å². The molecular formula is C22H33NO5. The van der Waals surface area contributed by atoms with E-state index in [0.717, 1.165) is 57.8 Å². The molecule has 1 aromatic rings. The lowest BCUT2D eigenvalue weighted by Crippen LogP contribution is -2.27. The van der Waals surface area contributed by atoms with Gasteiger partial charge < -0.3 is 15.2 Å². The van der Waals surface area contributed by atoms with Crippen LogP contribution in [0.1, 0.15) is 62.5 Å². The Bertz CT molecular complexity index is 615. The molecule has 0 spiro atoms. The van der Waals surface area contributed by atoms with Crippen LogP contribution in [0.3, 0.4) is 0 Å². The van der Waals surface area contributed by atoms with Crippen LogP contribution in [-0.2, 0) is 32.0 Å². The van der Waals surface area contributed by atoms with Gasteiger partial charge in [0.1, 0.15) is 6.61 Å². The van der Waals surface area contributed by atoms with Gasteiger partial charge >= 0.3 is 5.97 Å². The highest BCUT2D eigenvalue weighted by Gasteiger charge is 2.10. The molecule has 1 aromatic carbocycles. The van der Waals surface area contributed by atoms with E-state index in [1.54, 1.807) is 0 Å². The summed E-state index contributed by atoms with van der Waals surface area (Å²) in [7, 11) is 1.48. The number of hydrogen-bond donors (Lipinski definition) is 2. The van der Waals surface area contributed by atoms with Crippen molar-refractivity contribution in [2.45, 2.75) is 64.2 Å². The molecule has 0 saturated heterocycles. The van der Waals surface area contributed by atoms with Crippen molar-refractivity contribution in [3.8, 4) is 0 Å². The molecule has 0 fully saturated rings. The molecule has 0 bridgehead atoms. The minimum Gasteiger partial charge on any atom is -0.480 e. The molecule has 2 N–H and O–H groups in total. The van der Waals surface area contributed by atoms with E-state index >= 15 is 0 Å². The van der Waals surface area contributed by atoms with Gasteiger partial charge in [0, 0.05) is 20.1 Å². The number of carboxylic acid groups (broad SMARTS) is 1. The second-order valence-electron chi connectivity index (χ2n) is 6.94. The average Bonchev–Trinajstić information content (AvgIpc) is 2.69. The van der Waals surface area contributed by atoms with Crippen molar-refractivity contribution in [2.75, 3.05) is 20.3 Å². The molecule has 1 rings (SSSR count). The highest BCUT2D eigenvalue weighted by molar-refractivity contribution is 6.36.